The highest BCUT2D eigenvalue weighted by Gasteiger charge is 2.42. The molecule has 178 valence electrons. The molecule has 4 N–H and O–H groups in total. The van der Waals surface area contributed by atoms with Gasteiger partial charge in [0.25, 0.3) is 5.91 Å². The minimum absolute atomic E-state index is 0.116. The Hall–Kier alpha value is -3.55. The second-order valence-electron chi connectivity index (χ2n) is 9.43. The molecule has 8 heteroatoms. The highest BCUT2D eigenvalue weighted by Crippen LogP contribution is 2.39. The molecule has 2 aliphatic heterocycles. The lowest BCUT2D eigenvalue weighted by Crippen LogP contribution is -2.58. The van der Waals surface area contributed by atoms with Crippen LogP contribution in [0.5, 0.6) is 0 Å². The number of guanidine groups is 2. The summed E-state index contributed by atoms with van der Waals surface area (Å²) in [6, 6.07) is 16.2. The van der Waals surface area contributed by atoms with Crippen LogP contribution in [0.2, 0.25) is 0 Å². The van der Waals surface area contributed by atoms with E-state index in [0.717, 1.165) is 61.3 Å². The summed E-state index contributed by atoms with van der Waals surface area (Å²) in [6.45, 7) is 5.00. The molecule has 1 saturated carbocycles. The maximum Gasteiger partial charge on any atom is 0.254 e. The summed E-state index contributed by atoms with van der Waals surface area (Å²) in [7, 11) is 0. The number of piperazine rings is 1. The smallest absolute Gasteiger partial charge is 0.254 e. The van der Waals surface area contributed by atoms with Gasteiger partial charge in [0.15, 0.2) is 0 Å². The first-order valence-electron chi connectivity index (χ1n) is 12.2. The van der Waals surface area contributed by atoms with Crippen molar-refractivity contribution in [2.45, 2.75) is 44.7 Å². The number of benzene rings is 2. The average Bonchev–Trinajstić information content (AvgIpc) is 2.84. The number of rotatable bonds is 3. The van der Waals surface area contributed by atoms with Crippen molar-refractivity contribution in [3.8, 4) is 0 Å². The van der Waals surface area contributed by atoms with Gasteiger partial charge >= 0.3 is 0 Å². The largest absolute Gasteiger partial charge is 0.369 e. The number of carbonyl (C=O) groups excluding carboxylic acids is 1. The molecule has 34 heavy (non-hydrogen) atoms. The number of nitrogens with two attached hydrogens (primary N) is 2. The van der Waals surface area contributed by atoms with Gasteiger partial charge in [-0.3, -0.25) is 9.69 Å². The highest BCUT2D eigenvalue weighted by atomic mass is 16.2. The van der Waals surface area contributed by atoms with E-state index in [1.807, 2.05) is 36.1 Å². The van der Waals surface area contributed by atoms with Crippen LogP contribution in [0.3, 0.4) is 0 Å². The Morgan fingerprint density at radius 3 is 2.21 bits per heavy atom. The molecule has 0 unspecified atom stereocenters. The molecule has 3 aliphatic rings. The molecule has 8 nitrogen and oxygen atoms in total. The number of hydrogen-bond acceptors (Lipinski definition) is 7. The monoisotopic (exact) mass is 459 g/mol. The summed E-state index contributed by atoms with van der Waals surface area (Å²) in [6.07, 6.45) is 5.25. The van der Waals surface area contributed by atoms with Gasteiger partial charge in [-0.15, -0.1) is 0 Å². The van der Waals surface area contributed by atoms with Crippen molar-refractivity contribution >= 4 is 29.2 Å². The normalized spacial score (nSPS) is 20.2. The number of anilines is 2. The number of hydrogen-bond donors (Lipinski definition) is 2. The molecule has 1 aliphatic carbocycles. The fourth-order valence-electron chi connectivity index (χ4n) is 5.46. The van der Waals surface area contributed by atoms with E-state index in [1.54, 1.807) is 0 Å². The van der Waals surface area contributed by atoms with Gasteiger partial charge in [0.2, 0.25) is 11.9 Å². The van der Waals surface area contributed by atoms with Crippen LogP contribution in [-0.2, 0) is 0 Å². The molecule has 1 amide bonds. The molecule has 2 fully saturated rings. The van der Waals surface area contributed by atoms with Crippen LogP contribution >= 0.6 is 0 Å². The van der Waals surface area contributed by atoms with Crippen molar-refractivity contribution in [1.82, 2.24) is 4.90 Å². The SMILES string of the molecule is Cc1ccccc1C(=O)N1CCN(c2ccc(N3C(N)=NC(N)=NC34CCCCC4)cc2)CC1. The Balaban J connectivity index is 1.28. The molecule has 1 spiro atoms. The third-order valence-electron chi connectivity index (χ3n) is 7.27. The second-order valence-corrected chi connectivity index (χ2v) is 9.43. The number of aliphatic imine (C=N–C) groups is 2. The number of aryl methyl sites for hydroxylation is 1. The zero-order valence-corrected chi connectivity index (χ0v) is 19.8. The zero-order valence-electron chi connectivity index (χ0n) is 19.8. The quantitative estimate of drug-likeness (QED) is 0.734. The fraction of sp³-hybridized carbons (Fsp3) is 0.423. The van der Waals surface area contributed by atoms with Crippen LogP contribution < -0.4 is 21.3 Å². The number of nitrogens with zero attached hydrogens (tertiary/aromatic N) is 5. The summed E-state index contributed by atoms with van der Waals surface area (Å²) < 4.78 is 0. The van der Waals surface area contributed by atoms with Crippen LogP contribution in [0, 0.1) is 6.92 Å². The Labute approximate surface area is 200 Å². The van der Waals surface area contributed by atoms with Crippen LogP contribution in [0.25, 0.3) is 0 Å². The highest BCUT2D eigenvalue weighted by molar-refractivity contribution is 6.05. The van der Waals surface area contributed by atoms with Crippen LogP contribution in [0.4, 0.5) is 11.4 Å². The van der Waals surface area contributed by atoms with E-state index in [4.69, 9.17) is 16.5 Å². The van der Waals surface area contributed by atoms with Crippen LogP contribution in [0.1, 0.15) is 48.0 Å². The van der Waals surface area contributed by atoms with Gasteiger partial charge in [0.05, 0.1) is 0 Å². The Morgan fingerprint density at radius 1 is 0.882 bits per heavy atom. The molecule has 0 aromatic heterocycles. The predicted octanol–water partition coefficient (Wildman–Crippen LogP) is 3.07. The second kappa shape index (κ2) is 9.00. The Bertz CT molecular complexity index is 1110. The molecule has 2 aromatic rings. The minimum Gasteiger partial charge on any atom is -0.369 e. The molecule has 2 aromatic carbocycles. The first-order valence-corrected chi connectivity index (χ1v) is 12.2. The summed E-state index contributed by atoms with van der Waals surface area (Å²) in [5.41, 5.74) is 15.9. The Kier molecular flexibility index (Phi) is 5.89. The summed E-state index contributed by atoms with van der Waals surface area (Å²) in [5.74, 6) is 0.793. The van der Waals surface area contributed by atoms with E-state index < -0.39 is 5.66 Å². The van der Waals surface area contributed by atoms with Crippen molar-refractivity contribution in [2.24, 2.45) is 21.5 Å². The maximum absolute atomic E-state index is 12.9. The van der Waals surface area contributed by atoms with Crippen molar-refractivity contribution in [3.63, 3.8) is 0 Å². The van der Waals surface area contributed by atoms with Gasteiger partial charge in [-0.2, -0.15) is 4.99 Å². The third-order valence-corrected chi connectivity index (χ3v) is 7.27. The first kappa shape index (κ1) is 22.3. The molecular weight excluding hydrogens is 426 g/mol. The van der Waals surface area contributed by atoms with E-state index in [9.17, 15) is 4.79 Å². The van der Waals surface area contributed by atoms with E-state index in [0.29, 0.717) is 19.0 Å². The lowest BCUT2D eigenvalue weighted by Gasteiger charge is -2.45. The molecule has 0 bridgehead atoms. The molecule has 5 rings (SSSR count). The molecule has 2 heterocycles. The standard InChI is InChI=1S/C26H33N7O/c1-19-7-3-4-8-22(19)23(34)32-17-15-31(16-18-32)20-9-11-21(12-10-20)33-25(28)29-24(27)30-26(33)13-5-2-6-14-26/h3-4,7-12H,2,5-6,13-18H2,1H3,(H4,27,28,29,30). The molecule has 1 saturated heterocycles. The fourth-order valence-corrected chi connectivity index (χ4v) is 5.46. The van der Waals surface area contributed by atoms with Gasteiger partial charge in [-0.1, -0.05) is 24.6 Å². The maximum atomic E-state index is 12.9. The average molecular weight is 460 g/mol. The zero-order chi connectivity index (χ0) is 23.7. The topological polar surface area (TPSA) is 104 Å². The lowest BCUT2D eigenvalue weighted by molar-refractivity contribution is 0.0746. The van der Waals surface area contributed by atoms with Crippen LogP contribution in [-0.4, -0.2) is 54.6 Å². The van der Waals surface area contributed by atoms with Crippen molar-refractivity contribution in [1.29, 1.82) is 0 Å². The number of carbonyl (C=O) groups is 1. The van der Waals surface area contributed by atoms with Crippen molar-refractivity contribution < 1.29 is 4.79 Å². The van der Waals surface area contributed by atoms with Crippen molar-refractivity contribution in [3.05, 3.63) is 59.7 Å². The third kappa shape index (κ3) is 4.08. The molecule has 0 atom stereocenters. The van der Waals surface area contributed by atoms with E-state index in [1.165, 1.54) is 6.42 Å². The Morgan fingerprint density at radius 2 is 1.53 bits per heavy atom. The lowest BCUT2D eigenvalue weighted by atomic mass is 9.87. The molecule has 0 radical (unpaired) electrons. The van der Waals surface area contributed by atoms with Gasteiger partial charge < -0.3 is 21.3 Å². The van der Waals surface area contributed by atoms with E-state index in [2.05, 4.69) is 39.1 Å². The molecular formula is C26H33N7O. The van der Waals surface area contributed by atoms with Crippen LogP contribution in [0.15, 0.2) is 58.5 Å². The van der Waals surface area contributed by atoms with Gasteiger partial charge in [0, 0.05) is 43.1 Å². The van der Waals surface area contributed by atoms with Crippen molar-refractivity contribution in [2.75, 3.05) is 36.0 Å². The predicted molar refractivity (Wildman–Crippen MR) is 137 cm³/mol. The van der Waals surface area contributed by atoms with Gasteiger partial charge in [-0.25, -0.2) is 4.99 Å². The van der Waals surface area contributed by atoms with E-state index >= 15 is 0 Å². The van der Waals surface area contributed by atoms with E-state index in [-0.39, 0.29) is 11.9 Å². The summed E-state index contributed by atoms with van der Waals surface area (Å²) in [4.78, 5) is 28.3. The summed E-state index contributed by atoms with van der Waals surface area (Å²) >= 11 is 0. The number of amides is 1. The van der Waals surface area contributed by atoms with Gasteiger partial charge in [-0.05, 0) is 68.5 Å². The minimum atomic E-state index is -0.433. The summed E-state index contributed by atoms with van der Waals surface area (Å²) in [5, 5.41) is 0. The van der Waals surface area contributed by atoms with Gasteiger partial charge in [0.1, 0.15) is 5.66 Å². The first-order chi connectivity index (χ1) is 16.5.